The molecule has 2 nitrogen and oxygen atoms in total. The Morgan fingerprint density at radius 1 is 1.25 bits per heavy atom. The van der Waals surface area contributed by atoms with E-state index in [-0.39, 0.29) is 0 Å². The molecule has 0 aromatic rings. The van der Waals surface area contributed by atoms with Crippen molar-refractivity contribution in [2.24, 2.45) is 5.92 Å². The number of unbranched alkanes of at least 4 members (excludes halogenated alkanes) is 1. The quantitative estimate of drug-likeness (QED) is 0.720. The van der Waals surface area contributed by atoms with Crippen LogP contribution in [0.3, 0.4) is 0 Å². The lowest BCUT2D eigenvalue weighted by molar-refractivity contribution is 0.0598. The molecule has 0 aromatic carbocycles. The number of rotatable bonds is 7. The first-order valence-electron chi connectivity index (χ1n) is 7.06. The van der Waals surface area contributed by atoms with Gasteiger partial charge in [-0.25, -0.2) is 0 Å². The van der Waals surface area contributed by atoms with Gasteiger partial charge in [-0.3, -0.25) is 0 Å². The third-order valence-electron chi connectivity index (χ3n) is 3.43. The number of ether oxygens (including phenoxy) is 1. The molecule has 1 fully saturated rings. The molecule has 1 unspecified atom stereocenters. The summed E-state index contributed by atoms with van der Waals surface area (Å²) in [5.74, 6) is 0.891. The second kappa shape index (κ2) is 8.08. The molecule has 0 aromatic heterocycles. The summed E-state index contributed by atoms with van der Waals surface area (Å²) < 4.78 is 5.42. The normalized spacial score (nSPS) is 20.2. The minimum Gasteiger partial charge on any atom is -0.381 e. The molecule has 2 heteroatoms. The summed E-state index contributed by atoms with van der Waals surface area (Å²) in [6, 6.07) is 1.34. The monoisotopic (exact) mass is 227 g/mol. The van der Waals surface area contributed by atoms with E-state index in [4.69, 9.17) is 4.74 Å². The van der Waals surface area contributed by atoms with Crippen LogP contribution in [0.25, 0.3) is 0 Å². The lowest BCUT2D eigenvalue weighted by Crippen LogP contribution is -2.37. The molecular weight excluding hydrogens is 198 g/mol. The van der Waals surface area contributed by atoms with E-state index in [0.717, 1.165) is 25.2 Å². The molecule has 0 spiro atoms. The van der Waals surface area contributed by atoms with E-state index in [1.165, 1.54) is 38.5 Å². The molecule has 1 aliphatic heterocycles. The first kappa shape index (κ1) is 14.0. The van der Waals surface area contributed by atoms with Crippen molar-refractivity contribution in [3.05, 3.63) is 0 Å². The summed E-state index contributed by atoms with van der Waals surface area (Å²) in [7, 11) is 0. The van der Waals surface area contributed by atoms with Crippen molar-refractivity contribution < 1.29 is 4.74 Å². The van der Waals surface area contributed by atoms with Crippen LogP contribution in [0.4, 0.5) is 0 Å². The van der Waals surface area contributed by atoms with Gasteiger partial charge >= 0.3 is 0 Å². The van der Waals surface area contributed by atoms with Crippen LogP contribution < -0.4 is 5.32 Å². The summed E-state index contributed by atoms with van der Waals surface area (Å²) in [5, 5.41) is 3.72. The van der Waals surface area contributed by atoms with Crippen molar-refractivity contribution in [2.75, 3.05) is 13.2 Å². The smallest absolute Gasteiger partial charge is 0.0468 e. The van der Waals surface area contributed by atoms with Crippen molar-refractivity contribution >= 4 is 0 Å². The fraction of sp³-hybridized carbons (Fsp3) is 1.00. The summed E-state index contributed by atoms with van der Waals surface area (Å²) in [5.41, 5.74) is 0. The van der Waals surface area contributed by atoms with E-state index in [1.807, 2.05) is 0 Å². The zero-order valence-electron chi connectivity index (χ0n) is 11.3. The van der Waals surface area contributed by atoms with E-state index in [1.54, 1.807) is 0 Å². The third kappa shape index (κ3) is 5.86. The zero-order valence-corrected chi connectivity index (χ0v) is 11.3. The van der Waals surface area contributed by atoms with Gasteiger partial charge in [0.25, 0.3) is 0 Å². The molecule has 16 heavy (non-hydrogen) atoms. The second-order valence-corrected chi connectivity index (χ2v) is 5.45. The average molecular weight is 227 g/mol. The average Bonchev–Trinajstić information content (AvgIpc) is 2.26. The minimum absolute atomic E-state index is 0.613. The molecule has 1 saturated heterocycles. The van der Waals surface area contributed by atoms with Gasteiger partial charge in [-0.1, -0.05) is 33.6 Å². The highest BCUT2D eigenvalue weighted by Crippen LogP contribution is 2.22. The minimum atomic E-state index is 0.613. The maximum Gasteiger partial charge on any atom is 0.0468 e. The lowest BCUT2D eigenvalue weighted by Gasteiger charge is -2.28. The molecule has 0 amide bonds. The van der Waals surface area contributed by atoms with Crippen molar-refractivity contribution in [3.63, 3.8) is 0 Å². The molecule has 1 N–H and O–H groups in total. The van der Waals surface area contributed by atoms with Gasteiger partial charge in [0.1, 0.15) is 0 Å². The number of hydrogen-bond acceptors (Lipinski definition) is 2. The highest BCUT2D eigenvalue weighted by Gasteiger charge is 2.19. The SMILES string of the molecule is CCCCC(CC1CCOCC1)NC(C)C. The van der Waals surface area contributed by atoms with Gasteiger partial charge < -0.3 is 10.1 Å². The third-order valence-corrected chi connectivity index (χ3v) is 3.43. The van der Waals surface area contributed by atoms with Crippen LogP contribution in [0.5, 0.6) is 0 Å². The fourth-order valence-corrected chi connectivity index (χ4v) is 2.58. The molecule has 0 bridgehead atoms. The van der Waals surface area contributed by atoms with Gasteiger partial charge in [0.05, 0.1) is 0 Å². The second-order valence-electron chi connectivity index (χ2n) is 5.45. The Bertz CT molecular complexity index is 164. The predicted molar refractivity (Wildman–Crippen MR) is 69.7 cm³/mol. The summed E-state index contributed by atoms with van der Waals surface area (Å²) in [4.78, 5) is 0. The van der Waals surface area contributed by atoms with Gasteiger partial charge in [-0.2, -0.15) is 0 Å². The van der Waals surface area contributed by atoms with Gasteiger partial charge in [0.15, 0.2) is 0 Å². The van der Waals surface area contributed by atoms with E-state index in [0.29, 0.717) is 6.04 Å². The van der Waals surface area contributed by atoms with Gasteiger partial charge in [-0.05, 0) is 31.6 Å². The molecule has 0 aliphatic carbocycles. The van der Waals surface area contributed by atoms with Crippen LogP contribution in [0, 0.1) is 5.92 Å². The predicted octanol–water partition coefficient (Wildman–Crippen LogP) is 3.36. The van der Waals surface area contributed by atoms with Crippen LogP contribution in [0.2, 0.25) is 0 Å². The highest BCUT2D eigenvalue weighted by molar-refractivity contribution is 4.75. The summed E-state index contributed by atoms with van der Waals surface area (Å²) in [6.45, 7) is 8.74. The molecule has 96 valence electrons. The Kier molecular flexibility index (Phi) is 7.06. The van der Waals surface area contributed by atoms with Gasteiger partial charge in [0.2, 0.25) is 0 Å². The molecule has 0 saturated carbocycles. The van der Waals surface area contributed by atoms with Crippen LogP contribution in [-0.4, -0.2) is 25.3 Å². The molecular formula is C14H29NO. The van der Waals surface area contributed by atoms with Crippen molar-refractivity contribution in [1.82, 2.24) is 5.32 Å². The molecule has 1 atom stereocenters. The molecule has 1 heterocycles. The van der Waals surface area contributed by atoms with Crippen molar-refractivity contribution in [1.29, 1.82) is 0 Å². The Hall–Kier alpha value is -0.0800. The topological polar surface area (TPSA) is 21.3 Å². The maximum atomic E-state index is 5.42. The Balaban J connectivity index is 2.28. The van der Waals surface area contributed by atoms with E-state index in [9.17, 15) is 0 Å². The lowest BCUT2D eigenvalue weighted by atomic mass is 9.90. The first-order chi connectivity index (χ1) is 7.72. The summed E-state index contributed by atoms with van der Waals surface area (Å²) in [6.07, 6.45) is 7.88. The molecule has 0 radical (unpaired) electrons. The van der Waals surface area contributed by atoms with Gasteiger partial charge in [-0.15, -0.1) is 0 Å². The molecule has 1 aliphatic rings. The first-order valence-corrected chi connectivity index (χ1v) is 7.06. The van der Waals surface area contributed by atoms with Crippen LogP contribution >= 0.6 is 0 Å². The highest BCUT2D eigenvalue weighted by atomic mass is 16.5. The van der Waals surface area contributed by atoms with E-state index < -0.39 is 0 Å². The van der Waals surface area contributed by atoms with Crippen LogP contribution in [-0.2, 0) is 4.74 Å². The van der Waals surface area contributed by atoms with Crippen molar-refractivity contribution in [2.45, 2.75) is 71.4 Å². The van der Waals surface area contributed by atoms with E-state index in [2.05, 4.69) is 26.1 Å². The van der Waals surface area contributed by atoms with Crippen molar-refractivity contribution in [3.8, 4) is 0 Å². The van der Waals surface area contributed by atoms with Crippen LogP contribution in [0.15, 0.2) is 0 Å². The Morgan fingerprint density at radius 3 is 2.50 bits per heavy atom. The van der Waals surface area contributed by atoms with Crippen LogP contribution in [0.1, 0.15) is 59.3 Å². The standard InChI is InChI=1S/C14H29NO/c1-4-5-6-14(15-12(2)3)11-13-7-9-16-10-8-13/h12-15H,4-11H2,1-3H3. The Morgan fingerprint density at radius 2 is 1.94 bits per heavy atom. The number of hydrogen-bond donors (Lipinski definition) is 1. The summed E-state index contributed by atoms with van der Waals surface area (Å²) >= 11 is 0. The Labute approximate surface area is 101 Å². The largest absolute Gasteiger partial charge is 0.381 e. The maximum absolute atomic E-state index is 5.42. The van der Waals surface area contributed by atoms with Gasteiger partial charge in [0, 0.05) is 25.3 Å². The zero-order chi connectivity index (χ0) is 11.8. The molecule has 1 rings (SSSR count). The fourth-order valence-electron chi connectivity index (χ4n) is 2.58. The number of nitrogens with one attached hydrogen (secondary N) is 1. The van der Waals surface area contributed by atoms with E-state index >= 15 is 0 Å².